The molecule has 0 saturated heterocycles. The maximum atomic E-state index is 12.1. The van der Waals surface area contributed by atoms with E-state index in [2.05, 4.69) is 65.8 Å². The Morgan fingerprint density at radius 3 is 2.26 bits per heavy atom. The van der Waals surface area contributed by atoms with E-state index in [0.717, 1.165) is 11.3 Å². The van der Waals surface area contributed by atoms with Crippen LogP contribution >= 0.6 is 0 Å². The van der Waals surface area contributed by atoms with Crippen molar-refractivity contribution in [3.63, 3.8) is 0 Å². The van der Waals surface area contributed by atoms with Gasteiger partial charge in [0, 0.05) is 23.4 Å². The first-order chi connectivity index (χ1) is 19.0. The Morgan fingerprint density at radius 2 is 1.54 bits per heavy atom. The van der Waals surface area contributed by atoms with Crippen molar-refractivity contribution < 1.29 is 19.0 Å². The largest absolute Gasteiger partial charge is 0.490 e. The molecular weight excluding hydrogens is 490 g/mol. The molecule has 0 atom stereocenters. The van der Waals surface area contributed by atoms with E-state index in [0.29, 0.717) is 36.9 Å². The number of rotatable bonds is 12. The van der Waals surface area contributed by atoms with Crippen LogP contribution in [0.4, 0.5) is 0 Å². The summed E-state index contributed by atoms with van der Waals surface area (Å²) in [5.41, 5.74) is 6.14. The van der Waals surface area contributed by atoms with Gasteiger partial charge in [-0.2, -0.15) is 5.10 Å². The van der Waals surface area contributed by atoms with Gasteiger partial charge in [0.2, 0.25) is 0 Å². The molecule has 1 N–H and O–H groups in total. The lowest BCUT2D eigenvalue weighted by Gasteiger charge is -2.26. The van der Waals surface area contributed by atoms with E-state index >= 15 is 0 Å². The number of hydrogen-bond acceptors (Lipinski definition) is 6. The molecule has 4 rings (SSSR count). The number of pyridine rings is 1. The fraction of sp³-hybridized carbons (Fsp3) is 0.219. The van der Waals surface area contributed by atoms with Crippen molar-refractivity contribution >= 4 is 12.1 Å². The van der Waals surface area contributed by atoms with Gasteiger partial charge in [0.15, 0.2) is 11.5 Å². The van der Waals surface area contributed by atoms with Crippen LogP contribution in [0.3, 0.4) is 0 Å². The van der Waals surface area contributed by atoms with Crippen molar-refractivity contribution in [1.29, 1.82) is 0 Å². The van der Waals surface area contributed by atoms with Crippen LogP contribution in [0.15, 0.2) is 102 Å². The van der Waals surface area contributed by atoms with Gasteiger partial charge in [0.05, 0.1) is 12.8 Å². The van der Waals surface area contributed by atoms with Crippen LogP contribution in [0.5, 0.6) is 17.2 Å². The van der Waals surface area contributed by atoms with Crippen molar-refractivity contribution in [2.75, 3.05) is 19.8 Å². The van der Waals surface area contributed by atoms with Crippen molar-refractivity contribution in [1.82, 2.24) is 10.4 Å². The average Bonchev–Trinajstić information content (AvgIpc) is 2.97. The number of hydrazone groups is 1. The topological polar surface area (TPSA) is 82.0 Å². The van der Waals surface area contributed by atoms with E-state index in [1.807, 2.05) is 43.3 Å². The van der Waals surface area contributed by atoms with E-state index < -0.39 is 0 Å². The lowest BCUT2D eigenvalue weighted by atomic mass is 9.78. The molecule has 0 bridgehead atoms. The smallest absolute Gasteiger partial charge is 0.271 e. The summed E-state index contributed by atoms with van der Waals surface area (Å²) in [5.74, 6) is 1.68. The highest BCUT2D eigenvalue weighted by Gasteiger charge is 2.22. The summed E-state index contributed by atoms with van der Waals surface area (Å²) in [6.45, 7) is 7.57. The van der Waals surface area contributed by atoms with Gasteiger partial charge < -0.3 is 14.2 Å². The summed E-state index contributed by atoms with van der Waals surface area (Å²) in [7, 11) is 0. The number of benzene rings is 3. The zero-order valence-electron chi connectivity index (χ0n) is 22.5. The van der Waals surface area contributed by atoms with Gasteiger partial charge in [-0.25, -0.2) is 5.43 Å². The summed E-state index contributed by atoms with van der Waals surface area (Å²) in [6.07, 6.45) is 4.66. The minimum Gasteiger partial charge on any atom is -0.490 e. The molecule has 0 aliphatic rings. The molecule has 0 spiro atoms. The Kier molecular flexibility index (Phi) is 9.29. The zero-order valence-corrected chi connectivity index (χ0v) is 22.5. The van der Waals surface area contributed by atoms with Gasteiger partial charge in [0.1, 0.15) is 19.0 Å². The van der Waals surface area contributed by atoms with Gasteiger partial charge in [-0.05, 0) is 66.1 Å². The van der Waals surface area contributed by atoms with E-state index in [-0.39, 0.29) is 11.3 Å². The quantitative estimate of drug-likeness (QED) is 0.139. The van der Waals surface area contributed by atoms with Gasteiger partial charge in [-0.3, -0.25) is 9.78 Å². The molecule has 0 fully saturated rings. The Hall–Kier alpha value is -4.65. The molecule has 7 heteroatoms. The number of ether oxygens (including phenoxy) is 3. The third-order valence-corrected chi connectivity index (χ3v) is 6.27. The molecule has 1 aromatic heterocycles. The van der Waals surface area contributed by atoms with Crippen LogP contribution in [-0.2, 0) is 5.41 Å². The first kappa shape index (κ1) is 27.4. The van der Waals surface area contributed by atoms with Gasteiger partial charge in [-0.1, -0.05) is 56.3 Å². The molecule has 3 aromatic carbocycles. The second-order valence-electron chi connectivity index (χ2n) is 9.29. The maximum Gasteiger partial charge on any atom is 0.271 e. The van der Waals surface area contributed by atoms with Crippen LogP contribution in [0.1, 0.15) is 47.8 Å². The number of nitrogens with one attached hydrogen (secondary N) is 1. The maximum absolute atomic E-state index is 12.1. The Balaban J connectivity index is 1.29. The number of amides is 1. The first-order valence-electron chi connectivity index (χ1n) is 12.9. The van der Waals surface area contributed by atoms with Crippen molar-refractivity contribution in [3.05, 3.63) is 120 Å². The second-order valence-corrected chi connectivity index (χ2v) is 9.29. The number of nitrogens with zero attached hydrogens (tertiary/aromatic N) is 2. The number of hydrogen-bond donors (Lipinski definition) is 1. The molecule has 200 valence electrons. The van der Waals surface area contributed by atoms with E-state index in [4.69, 9.17) is 14.2 Å². The van der Waals surface area contributed by atoms with Crippen molar-refractivity contribution in [2.24, 2.45) is 5.10 Å². The van der Waals surface area contributed by atoms with Gasteiger partial charge >= 0.3 is 0 Å². The van der Waals surface area contributed by atoms with Gasteiger partial charge in [-0.15, -0.1) is 0 Å². The zero-order chi connectivity index (χ0) is 27.5. The molecule has 0 aliphatic heterocycles. The average molecular weight is 524 g/mol. The molecule has 4 aromatic rings. The molecule has 0 radical (unpaired) electrons. The predicted molar refractivity (Wildman–Crippen MR) is 153 cm³/mol. The van der Waals surface area contributed by atoms with Crippen molar-refractivity contribution in [2.45, 2.75) is 26.2 Å². The fourth-order valence-electron chi connectivity index (χ4n) is 4.03. The molecule has 7 nitrogen and oxygen atoms in total. The summed E-state index contributed by atoms with van der Waals surface area (Å²) >= 11 is 0. The van der Waals surface area contributed by atoms with E-state index in [9.17, 15) is 4.79 Å². The minimum atomic E-state index is -0.312. The molecule has 39 heavy (non-hydrogen) atoms. The predicted octanol–water partition coefficient (Wildman–Crippen LogP) is 6.03. The lowest BCUT2D eigenvalue weighted by molar-refractivity contribution is 0.0955. The summed E-state index contributed by atoms with van der Waals surface area (Å²) in [5, 5.41) is 4.03. The molecular formula is C32H33N3O4. The Bertz CT molecular complexity index is 1370. The third kappa shape index (κ3) is 7.45. The molecule has 0 aliphatic carbocycles. The van der Waals surface area contributed by atoms with Crippen LogP contribution < -0.4 is 19.6 Å². The Morgan fingerprint density at radius 1 is 0.846 bits per heavy atom. The van der Waals surface area contributed by atoms with Crippen LogP contribution in [-0.4, -0.2) is 36.9 Å². The lowest BCUT2D eigenvalue weighted by Crippen LogP contribution is -2.18. The number of carbonyl (C=O) groups is 1. The van der Waals surface area contributed by atoms with Crippen LogP contribution in [0.25, 0.3) is 0 Å². The summed E-state index contributed by atoms with van der Waals surface area (Å²) in [4.78, 5) is 16.0. The third-order valence-electron chi connectivity index (χ3n) is 6.27. The SMILES string of the molecule is CCOc1cc(/C=N/NC(=O)c2ccncc2)ccc1OCCOc1ccc(C(C)(C)c2ccccc2)cc1. The van der Waals surface area contributed by atoms with Crippen LogP contribution in [0.2, 0.25) is 0 Å². The molecule has 0 unspecified atom stereocenters. The minimum absolute atomic E-state index is 0.0966. The normalized spacial score (nSPS) is 11.3. The van der Waals surface area contributed by atoms with Gasteiger partial charge in [0.25, 0.3) is 5.91 Å². The number of aromatic nitrogens is 1. The molecule has 1 heterocycles. The monoisotopic (exact) mass is 523 g/mol. The standard InChI is InChI=1S/C32H33N3O4/c1-4-37-30-22-24(23-34-35-31(36)25-16-18-33-19-17-25)10-15-29(30)39-21-20-38-28-13-11-27(12-14-28)32(2,3)26-8-6-5-7-9-26/h5-19,22-23H,4,20-21H2,1-3H3,(H,35,36)/b34-23+. The van der Waals surface area contributed by atoms with Crippen molar-refractivity contribution in [3.8, 4) is 17.2 Å². The summed E-state index contributed by atoms with van der Waals surface area (Å²) < 4.78 is 17.6. The second kappa shape index (κ2) is 13.2. The van der Waals surface area contributed by atoms with E-state index in [1.54, 1.807) is 30.7 Å². The first-order valence-corrected chi connectivity index (χ1v) is 12.9. The highest BCUT2D eigenvalue weighted by molar-refractivity contribution is 5.94. The number of carbonyl (C=O) groups excluding carboxylic acids is 1. The van der Waals surface area contributed by atoms with E-state index in [1.165, 1.54) is 11.1 Å². The van der Waals surface area contributed by atoms with Crippen LogP contribution in [0, 0.1) is 0 Å². The molecule has 1 amide bonds. The highest BCUT2D eigenvalue weighted by Crippen LogP contribution is 2.32. The highest BCUT2D eigenvalue weighted by atomic mass is 16.5. The molecule has 0 saturated carbocycles. The summed E-state index contributed by atoms with van der Waals surface area (Å²) in [6, 6.07) is 27.4. The Labute approximate surface area is 229 Å². The fourth-order valence-corrected chi connectivity index (χ4v) is 4.03.